The maximum Gasteiger partial charge on any atom is 0.288 e. The standard InChI is InChI=1S/C21H13N5O4/c27-18-10-22-9-13-2-5-17-20(30-12-29-17)19(13)26-21-15-8-14(28-7-1-6-23-18)3-4-16(15)24-11-25-21/h1-11H,12H2/b7-1-,13-9-,22-10-,23-6-,26-19+. The predicted molar refractivity (Wildman–Crippen MR) is 109 cm³/mol. The van der Waals surface area contributed by atoms with Crippen molar-refractivity contribution in [3.05, 3.63) is 59.6 Å². The highest BCUT2D eigenvalue weighted by atomic mass is 16.7. The molecule has 0 saturated carbocycles. The lowest BCUT2D eigenvalue weighted by Gasteiger charge is -2.05. The second kappa shape index (κ2) is 7.55. The van der Waals surface area contributed by atoms with Crippen LogP contribution in [0.4, 0.5) is 5.82 Å². The van der Waals surface area contributed by atoms with Crippen LogP contribution in [-0.4, -0.2) is 35.1 Å². The number of carbonyl (C=O) groups is 1. The number of benzene rings is 2. The highest BCUT2D eigenvalue weighted by molar-refractivity contribution is 6.28. The van der Waals surface area contributed by atoms with Crippen molar-refractivity contribution < 1.29 is 19.0 Å². The van der Waals surface area contributed by atoms with Crippen molar-refractivity contribution >= 4 is 41.3 Å². The Hall–Kier alpha value is -4.40. The van der Waals surface area contributed by atoms with Gasteiger partial charge in [0.2, 0.25) is 6.79 Å². The summed E-state index contributed by atoms with van der Waals surface area (Å²) in [4.78, 5) is 33.0. The molecule has 30 heavy (non-hydrogen) atoms. The number of allylic oxidation sites excluding steroid dienone is 1. The lowest BCUT2D eigenvalue weighted by atomic mass is 10.2. The van der Waals surface area contributed by atoms with Crippen molar-refractivity contribution in [3.8, 4) is 17.2 Å². The van der Waals surface area contributed by atoms with Gasteiger partial charge in [0.05, 0.1) is 18.0 Å². The fourth-order valence-electron chi connectivity index (χ4n) is 2.97. The number of carbonyl (C=O) groups excluding carboxylic acids is 1. The average Bonchev–Trinajstić information content (AvgIpc) is 3.23. The van der Waals surface area contributed by atoms with Gasteiger partial charge in [-0.2, -0.15) is 0 Å². The van der Waals surface area contributed by atoms with E-state index in [1.165, 1.54) is 31.1 Å². The number of fused-ring (bicyclic) bond motifs is 4. The number of ether oxygens (including phenoxy) is 3. The van der Waals surface area contributed by atoms with Crippen molar-refractivity contribution in [1.82, 2.24) is 9.97 Å². The molecular weight excluding hydrogens is 386 g/mol. The van der Waals surface area contributed by atoms with Crippen LogP contribution in [0.2, 0.25) is 0 Å². The molecular formula is C21H13N5O4. The van der Waals surface area contributed by atoms with Gasteiger partial charge in [-0.25, -0.2) is 20.0 Å². The first-order valence-electron chi connectivity index (χ1n) is 8.93. The molecule has 0 fully saturated rings. The summed E-state index contributed by atoms with van der Waals surface area (Å²) < 4.78 is 16.7. The summed E-state index contributed by atoms with van der Waals surface area (Å²) in [5, 5.41) is 1.81. The van der Waals surface area contributed by atoms with Gasteiger partial charge in [0.25, 0.3) is 5.91 Å². The highest BCUT2D eigenvalue weighted by Crippen LogP contribution is 2.29. The molecule has 9 heteroatoms. The lowest BCUT2D eigenvalue weighted by Crippen LogP contribution is -2.25. The molecule has 1 aromatic heterocycles. The molecule has 0 atom stereocenters. The topological polar surface area (TPSA) is 108 Å². The number of hydrogen-bond acceptors (Lipinski definition) is 8. The van der Waals surface area contributed by atoms with Gasteiger partial charge in [-0.1, -0.05) is 0 Å². The van der Waals surface area contributed by atoms with Crippen LogP contribution in [0.3, 0.4) is 0 Å². The molecule has 0 spiro atoms. The first-order chi connectivity index (χ1) is 14.8. The van der Waals surface area contributed by atoms with Gasteiger partial charge in [-0.3, -0.25) is 9.79 Å². The number of hydrogen-bond donors (Lipinski definition) is 0. The van der Waals surface area contributed by atoms with Crippen LogP contribution in [0.15, 0.2) is 64.0 Å². The molecule has 9 nitrogen and oxygen atoms in total. The third-order valence-corrected chi connectivity index (χ3v) is 4.32. The zero-order valence-corrected chi connectivity index (χ0v) is 15.4. The van der Waals surface area contributed by atoms with Crippen LogP contribution in [0.1, 0.15) is 0 Å². The van der Waals surface area contributed by atoms with Gasteiger partial charge in [-0.15, -0.1) is 0 Å². The zero-order chi connectivity index (χ0) is 20.3. The number of rotatable bonds is 0. The Morgan fingerprint density at radius 2 is 2.00 bits per heavy atom. The minimum absolute atomic E-state index is 0.0899. The lowest BCUT2D eigenvalue weighted by molar-refractivity contribution is -0.111. The minimum Gasteiger partial charge on any atom is -0.465 e. The molecule has 0 radical (unpaired) electrons. The van der Waals surface area contributed by atoms with Gasteiger partial charge in [0, 0.05) is 23.0 Å². The third kappa shape index (κ3) is 3.39. The van der Waals surface area contributed by atoms with Crippen LogP contribution in [-0.2, 0) is 4.79 Å². The normalized spacial score (nSPS) is 20.3. The van der Waals surface area contributed by atoms with E-state index in [-0.39, 0.29) is 6.79 Å². The van der Waals surface area contributed by atoms with Crippen molar-refractivity contribution in [2.75, 3.05) is 6.79 Å². The van der Waals surface area contributed by atoms with Gasteiger partial charge in [-0.05, 0) is 36.4 Å². The molecule has 146 valence electrons. The Bertz CT molecular complexity index is 1380. The Kier molecular flexibility index (Phi) is 4.45. The maximum absolute atomic E-state index is 11.8. The predicted octanol–water partition coefficient (Wildman–Crippen LogP) is 1.62. The number of amides is 1. The SMILES string of the molecule is O=C1\C=N/C=c2/ccc3c(/c2=N/c2ncnc4ccc(cc24)O/C=C\C=N/1)OCO3. The summed E-state index contributed by atoms with van der Waals surface area (Å²) in [7, 11) is 0. The molecule has 0 saturated heterocycles. The van der Waals surface area contributed by atoms with Crippen LogP contribution in [0.25, 0.3) is 17.1 Å². The summed E-state index contributed by atoms with van der Waals surface area (Å²) in [6.07, 6.45) is 8.31. The van der Waals surface area contributed by atoms with Gasteiger partial charge < -0.3 is 14.2 Å². The Labute approximate surface area is 169 Å². The van der Waals surface area contributed by atoms with Gasteiger partial charge in [0.15, 0.2) is 17.3 Å². The van der Waals surface area contributed by atoms with E-state index < -0.39 is 5.91 Å². The highest BCUT2D eigenvalue weighted by Gasteiger charge is 2.16. The Morgan fingerprint density at radius 3 is 2.97 bits per heavy atom. The molecule has 1 amide bonds. The van der Waals surface area contributed by atoms with Crippen LogP contribution >= 0.6 is 0 Å². The first kappa shape index (κ1) is 17.7. The third-order valence-electron chi connectivity index (χ3n) is 4.32. The first-order valence-corrected chi connectivity index (χ1v) is 8.93. The molecule has 2 aliphatic heterocycles. The Morgan fingerprint density at radius 1 is 1.03 bits per heavy atom. The van der Waals surface area contributed by atoms with Gasteiger partial charge >= 0.3 is 0 Å². The van der Waals surface area contributed by atoms with Crippen molar-refractivity contribution in [2.45, 2.75) is 0 Å². The zero-order valence-electron chi connectivity index (χ0n) is 15.4. The molecule has 0 unspecified atom stereocenters. The molecule has 3 heterocycles. The van der Waals surface area contributed by atoms with E-state index in [0.29, 0.717) is 44.5 Å². The summed E-state index contributed by atoms with van der Waals surface area (Å²) >= 11 is 0. The fourth-order valence-corrected chi connectivity index (χ4v) is 2.97. The average molecular weight is 399 g/mol. The number of nitrogens with zero attached hydrogens (tertiary/aromatic N) is 5. The monoisotopic (exact) mass is 399 g/mol. The maximum atomic E-state index is 11.8. The van der Waals surface area contributed by atoms with Crippen LogP contribution in [0, 0.1) is 0 Å². The molecule has 0 N–H and O–H groups in total. The molecule has 2 aliphatic rings. The van der Waals surface area contributed by atoms with E-state index in [1.54, 1.807) is 24.3 Å². The molecule has 0 aliphatic carbocycles. The number of aromatic nitrogens is 2. The molecule has 3 aromatic rings. The fraction of sp³-hybridized carbons (Fsp3) is 0.0476. The smallest absolute Gasteiger partial charge is 0.288 e. The van der Waals surface area contributed by atoms with Crippen molar-refractivity contribution in [1.29, 1.82) is 0 Å². The summed E-state index contributed by atoms with van der Waals surface area (Å²) in [5.41, 5.74) is 0.710. The Balaban J connectivity index is 1.82. The molecule has 2 aromatic carbocycles. The van der Waals surface area contributed by atoms with Gasteiger partial charge in [0.1, 0.15) is 17.4 Å². The van der Waals surface area contributed by atoms with E-state index in [4.69, 9.17) is 19.2 Å². The molecule has 5 rings (SSSR count). The second-order valence-corrected chi connectivity index (χ2v) is 6.20. The van der Waals surface area contributed by atoms with E-state index in [1.807, 2.05) is 6.07 Å². The number of aliphatic imine (C=N–C) groups is 2. The van der Waals surface area contributed by atoms with E-state index in [9.17, 15) is 4.79 Å². The quantitative estimate of drug-likeness (QED) is 0.569. The van der Waals surface area contributed by atoms with Crippen LogP contribution in [0.5, 0.6) is 17.2 Å². The van der Waals surface area contributed by atoms with Crippen molar-refractivity contribution in [3.63, 3.8) is 0 Å². The van der Waals surface area contributed by atoms with Crippen LogP contribution < -0.4 is 24.8 Å². The van der Waals surface area contributed by atoms with E-state index in [2.05, 4.69) is 20.0 Å². The minimum atomic E-state index is -0.512. The molecule has 2 bridgehead atoms. The largest absolute Gasteiger partial charge is 0.465 e. The summed E-state index contributed by atoms with van der Waals surface area (Å²) in [5.74, 6) is 1.52. The summed E-state index contributed by atoms with van der Waals surface area (Å²) in [6, 6.07) is 8.91. The second-order valence-electron chi connectivity index (χ2n) is 6.20. The van der Waals surface area contributed by atoms with Crippen molar-refractivity contribution in [2.24, 2.45) is 15.0 Å². The van der Waals surface area contributed by atoms with E-state index in [0.717, 1.165) is 6.21 Å². The van der Waals surface area contributed by atoms with E-state index >= 15 is 0 Å². The summed E-state index contributed by atoms with van der Waals surface area (Å²) in [6.45, 7) is 0.0899.